The van der Waals surface area contributed by atoms with Gasteiger partial charge in [0, 0.05) is 18.0 Å². The van der Waals surface area contributed by atoms with Crippen molar-refractivity contribution in [2.45, 2.75) is 0 Å². The van der Waals surface area contributed by atoms with Crippen LogP contribution >= 0.6 is 0 Å². The predicted molar refractivity (Wildman–Crippen MR) is 117 cm³/mol. The van der Waals surface area contributed by atoms with Gasteiger partial charge in [0.25, 0.3) is 17.7 Å². The number of rotatable bonds is 3. The van der Waals surface area contributed by atoms with E-state index in [0.29, 0.717) is 22.2 Å². The topological polar surface area (TPSA) is 104 Å². The van der Waals surface area contributed by atoms with Crippen LogP contribution in [0.1, 0.15) is 31.1 Å². The highest BCUT2D eigenvalue weighted by Gasteiger charge is 2.36. The molecule has 0 atom stereocenters. The number of fused-ring (bicyclic) bond motifs is 2. The first-order chi connectivity index (χ1) is 15.5. The molecule has 1 aliphatic heterocycles. The van der Waals surface area contributed by atoms with Gasteiger partial charge in [0.05, 0.1) is 22.3 Å². The third kappa shape index (κ3) is 2.89. The molecule has 2 heterocycles. The molecule has 32 heavy (non-hydrogen) atoms. The number of anilines is 1. The summed E-state index contributed by atoms with van der Waals surface area (Å²) in [6.45, 7) is 0. The molecule has 3 aromatic carbocycles. The first kappa shape index (κ1) is 19.4. The molecule has 0 fully saturated rings. The van der Waals surface area contributed by atoms with Gasteiger partial charge in [-0.2, -0.15) is 0 Å². The minimum atomic E-state index is -0.619. The number of benzene rings is 3. The average Bonchev–Trinajstić information content (AvgIpc) is 3.22. The Bertz CT molecular complexity index is 1420. The minimum absolute atomic E-state index is 0.0938. The zero-order valence-corrected chi connectivity index (χ0v) is 16.9. The van der Waals surface area contributed by atoms with Gasteiger partial charge in [-0.15, -0.1) is 10.2 Å². The van der Waals surface area contributed by atoms with Crippen LogP contribution in [0.3, 0.4) is 0 Å². The van der Waals surface area contributed by atoms with Crippen LogP contribution < -0.4 is 4.90 Å². The predicted octanol–water partition coefficient (Wildman–Crippen LogP) is 4.61. The van der Waals surface area contributed by atoms with Gasteiger partial charge in [0.2, 0.25) is 5.88 Å². The summed E-state index contributed by atoms with van der Waals surface area (Å²) in [7, 11) is 1.69. The lowest BCUT2D eigenvalue weighted by Gasteiger charge is -2.13. The van der Waals surface area contributed by atoms with Crippen LogP contribution in [0, 0.1) is 0 Å². The van der Waals surface area contributed by atoms with Crippen molar-refractivity contribution < 1.29 is 19.5 Å². The van der Waals surface area contributed by atoms with Gasteiger partial charge in [-0.3, -0.25) is 14.4 Å². The molecule has 0 saturated carbocycles. The highest BCUT2D eigenvalue weighted by Crippen LogP contribution is 2.38. The molecule has 0 aliphatic carbocycles. The molecule has 156 valence electrons. The van der Waals surface area contributed by atoms with Gasteiger partial charge in [0.15, 0.2) is 5.69 Å². The van der Waals surface area contributed by atoms with E-state index in [1.807, 2.05) is 12.1 Å². The number of carbonyl (C=O) groups is 3. The first-order valence-corrected chi connectivity index (χ1v) is 9.77. The van der Waals surface area contributed by atoms with Crippen LogP contribution in [0.25, 0.3) is 10.9 Å². The van der Waals surface area contributed by atoms with Crippen molar-refractivity contribution in [3.63, 3.8) is 0 Å². The molecular weight excluding hydrogens is 408 g/mol. The van der Waals surface area contributed by atoms with E-state index in [1.165, 1.54) is 24.3 Å². The fourth-order valence-electron chi connectivity index (χ4n) is 3.79. The monoisotopic (exact) mass is 424 g/mol. The Labute approximate surface area is 182 Å². The van der Waals surface area contributed by atoms with Crippen LogP contribution in [0.15, 0.2) is 83.0 Å². The zero-order valence-electron chi connectivity index (χ0n) is 16.9. The van der Waals surface area contributed by atoms with Crippen molar-refractivity contribution in [3.05, 3.63) is 89.5 Å². The van der Waals surface area contributed by atoms with Gasteiger partial charge in [-0.25, -0.2) is 4.90 Å². The summed E-state index contributed by atoms with van der Waals surface area (Å²) in [6, 6.07) is 19.9. The molecule has 1 aliphatic rings. The average molecular weight is 424 g/mol. The van der Waals surface area contributed by atoms with Gasteiger partial charge < -0.3 is 9.67 Å². The molecule has 0 spiro atoms. The van der Waals surface area contributed by atoms with Gasteiger partial charge >= 0.3 is 0 Å². The van der Waals surface area contributed by atoms with Gasteiger partial charge in [0.1, 0.15) is 0 Å². The maximum absolute atomic E-state index is 12.6. The van der Waals surface area contributed by atoms with Crippen LogP contribution in [-0.2, 0) is 7.05 Å². The second kappa shape index (κ2) is 7.28. The molecule has 5 rings (SSSR count). The molecule has 8 heteroatoms. The van der Waals surface area contributed by atoms with E-state index < -0.39 is 17.7 Å². The maximum atomic E-state index is 12.6. The summed E-state index contributed by atoms with van der Waals surface area (Å²) in [4.78, 5) is 38.8. The van der Waals surface area contributed by atoms with E-state index >= 15 is 0 Å². The maximum Gasteiger partial charge on any atom is 0.295 e. The quantitative estimate of drug-likeness (QED) is 0.383. The smallest absolute Gasteiger partial charge is 0.295 e. The second-order valence-corrected chi connectivity index (χ2v) is 7.29. The van der Waals surface area contributed by atoms with Gasteiger partial charge in [-0.1, -0.05) is 30.3 Å². The lowest BCUT2D eigenvalue weighted by atomic mass is 10.1. The summed E-state index contributed by atoms with van der Waals surface area (Å²) in [5.74, 6) is -1.53. The van der Waals surface area contributed by atoms with Crippen molar-refractivity contribution in [3.8, 4) is 5.88 Å². The Morgan fingerprint density at radius 3 is 2.09 bits per heavy atom. The van der Waals surface area contributed by atoms with Crippen molar-refractivity contribution in [2.75, 3.05) is 4.90 Å². The van der Waals surface area contributed by atoms with Crippen LogP contribution in [0.4, 0.5) is 11.4 Å². The van der Waals surface area contributed by atoms with Gasteiger partial charge in [-0.05, 0) is 42.5 Å². The minimum Gasteiger partial charge on any atom is -0.493 e. The number of amides is 3. The van der Waals surface area contributed by atoms with E-state index in [-0.39, 0.29) is 17.1 Å². The number of hydrogen-bond donors (Lipinski definition) is 1. The Hall–Kier alpha value is -4.59. The standard InChI is InChI=1S/C24H16N4O4/c1-27-19-9-5-4-8-18(19)20(24(27)32)25-26-21(29)14-10-12-15(13-11-14)28-22(30)16-6-2-3-7-17(16)23(28)31/h2-13,32H,1H3. The molecule has 0 saturated heterocycles. The highest BCUT2D eigenvalue weighted by molar-refractivity contribution is 6.34. The lowest BCUT2D eigenvalue weighted by Crippen LogP contribution is -2.29. The van der Waals surface area contributed by atoms with E-state index in [4.69, 9.17) is 0 Å². The van der Waals surface area contributed by atoms with Crippen molar-refractivity contribution in [2.24, 2.45) is 17.3 Å². The van der Waals surface area contributed by atoms with E-state index in [9.17, 15) is 19.5 Å². The SMILES string of the molecule is Cn1c(O)c(N=NC(=O)c2ccc(N3C(=O)c4ccccc4C3=O)cc2)c2ccccc21. The summed E-state index contributed by atoms with van der Waals surface area (Å²) in [5, 5.41) is 18.7. The van der Waals surface area contributed by atoms with Crippen molar-refractivity contribution >= 4 is 40.0 Å². The first-order valence-electron chi connectivity index (χ1n) is 9.77. The molecule has 3 amide bonds. The van der Waals surface area contributed by atoms with Crippen LogP contribution in [-0.4, -0.2) is 27.4 Å². The third-order valence-corrected chi connectivity index (χ3v) is 5.46. The zero-order chi connectivity index (χ0) is 22.4. The van der Waals surface area contributed by atoms with Crippen LogP contribution in [0.2, 0.25) is 0 Å². The summed E-state index contributed by atoms with van der Waals surface area (Å²) in [6.07, 6.45) is 0. The fraction of sp³-hybridized carbons (Fsp3) is 0.0417. The number of hydrogen-bond acceptors (Lipinski definition) is 5. The number of imide groups is 1. The number of carbonyl (C=O) groups excluding carboxylic acids is 3. The molecule has 1 aromatic heterocycles. The molecule has 1 N–H and O–H groups in total. The van der Waals surface area contributed by atoms with E-state index in [2.05, 4.69) is 10.2 Å². The summed E-state index contributed by atoms with van der Waals surface area (Å²) in [5.41, 5.74) is 2.25. The second-order valence-electron chi connectivity index (χ2n) is 7.29. The molecular formula is C24H16N4O4. The molecule has 0 bridgehead atoms. The Balaban J connectivity index is 1.40. The number of aromatic hydroxyl groups is 1. The number of nitrogens with zero attached hydrogens (tertiary/aromatic N) is 4. The lowest BCUT2D eigenvalue weighted by molar-refractivity contribution is 0.0925. The third-order valence-electron chi connectivity index (χ3n) is 5.46. The van der Waals surface area contributed by atoms with Crippen molar-refractivity contribution in [1.29, 1.82) is 0 Å². The highest BCUT2D eigenvalue weighted by atomic mass is 16.3. The number of aryl methyl sites for hydroxylation is 1. The summed E-state index contributed by atoms with van der Waals surface area (Å²) >= 11 is 0. The Kier molecular flexibility index (Phi) is 4.41. The number of aromatic nitrogens is 1. The molecule has 8 nitrogen and oxygen atoms in total. The fourth-order valence-corrected chi connectivity index (χ4v) is 3.79. The van der Waals surface area contributed by atoms with Crippen molar-refractivity contribution in [1.82, 2.24) is 4.57 Å². The van der Waals surface area contributed by atoms with E-state index in [1.54, 1.807) is 48.0 Å². The number of azo groups is 1. The summed E-state index contributed by atoms with van der Waals surface area (Å²) < 4.78 is 1.56. The van der Waals surface area contributed by atoms with Crippen LogP contribution in [0.5, 0.6) is 5.88 Å². The normalized spacial score (nSPS) is 13.3. The Morgan fingerprint density at radius 1 is 0.844 bits per heavy atom. The largest absolute Gasteiger partial charge is 0.493 e. The van der Waals surface area contributed by atoms with E-state index in [0.717, 1.165) is 10.4 Å². The molecule has 4 aromatic rings. The molecule has 0 unspecified atom stereocenters. The molecule has 0 radical (unpaired) electrons. The Morgan fingerprint density at radius 2 is 1.44 bits per heavy atom. The number of para-hydroxylation sites is 1.